The number of rotatable bonds is 4. The maximum atomic E-state index is 14.1. The molecular formula is C24H22F3N5O4. The van der Waals surface area contributed by atoms with Crippen molar-refractivity contribution >= 4 is 23.6 Å². The molecule has 2 heterocycles. The summed E-state index contributed by atoms with van der Waals surface area (Å²) in [6, 6.07) is 10.3. The van der Waals surface area contributed by atoms with Gasteiger partial charge in [-0.05, 0) is 42.8 Å². The minimum absolute atomic E-state index is 0.0386. The first-order valence-corrected chi connectivity index (χ1v) is 10.9. The lowest BCUT2D eigenvalue weighted by Crippen LogP contribution is -2.49. The lowest BCUT2D eigenvalue weighted by atomic mass is 10.0. The molecule has 1 aliphatic rings. The number of aliphatic carboxylic acids is 1. The van der Waals surface area contributed by atoms with Gasteiger partial charge in [0.05, 0.1) is 16.8 Å². The van der Waals surface area contributed by atoms with Gasteiger partial charge in [-0.2, -0.15) is 18.3 Å². The third-order valence-electron chi connectivity index (χ3n) is 5.81. The topological polar surface area (TPSA) is 108 Å². The zero-order chi connectivity index (χ0) is 26.0. The van der Waals surface area contributed by atoms with Crippen LogP contribution in [-0.2, 0) is 17.5 Å². The minimum Gasteiger partial charge on any atom is -0.480 e. The molecule has 1 aliphatic heterocycles. The summed E-state index contributed by atoms with van der Waals surface area (Å²) in [5.41, 5.74) is -0.598. The van der Waals surface area contributed by atoms with Crippen LogP contribution in [0.1, 0.15) is 28.4 Å². The molecule has 0 saturated heterocycles. The predicted molar refractivity (Wildman–Crippen MR) is 123 cm³/mol. The molecule has 1 aromatic heterocycles. The summed E-state index contributed by atoms with van der Waals surface area (Å²) >= 11 is 0. The molecule has 0 spiro atoms. The number of para-hydroxylation sites is 1. The van der Waals surface area contributed by atoms with Crippen molar-refractivity contribution in [2.24, 2.45) is 0 Å². The number of carbonyl (C=O) groups is 3. The molecule has 3 aromatic rings. The Kier molecular flexibility index (Phi) is 6.69. The smallest absolute Gasteiger partial charge is 0.417 e. The number of hydrogen-bond acceptors (Lipinski definition) is 4. The van der Waals surface area contributed by atoms with E-state index in [0.29, 0.717) is 11.3 Å². The van der Waals surface area contributed by atoms with Gasteiger partial charge in [0.25, 0.3) is 5.91 Å². The third kappa shape index (κ3) is 5.02. The van der Waals surface area contributed by atoms with E-state index < -0.39 is 47.8 Å². The number of aromatic nitrogens is 2. The van der Waals surface area contributed by atoms with Crippen molar-refractivity contribution < 1.29 is 32.7 Å². The molecule has 2 aromatic carbocycles. The summed E-state index contributed by atoms with van der Waals surface area (Å²) in [6.45, 7) is 0.980. The van der Waals surface area contributed by atoms with Crippen LogP contribution in [0.4, 0.5) is 23.7 Å². The normalized spacial score (nSPS) is 15.7. The first-order valence-electron chi connectivity index (χ1n) is 10.9. The fraction of sp³-hybridized carbons (Fsp3) is 0.250. The van der Waals surface area contributed by atoms with Gasteiger partial charge in [-0.25, -0.2) is 9.48 Å². The minimum atomic E-state index is -4.81. The van der Waals surface area contributed by atoms with E-state index in [4.69, 9.17) is 5.11 Å². The van der Waals surface area contributed by atoms with Crippen LogP contribution in [0.25, 0.3) is 5.69 Å². The second-order valence-electron chi connectivity index (χ2n) is 8.25. The van der Waals surface area contributed by atoms with Crippen LogP contribution in [0, 0.1) is 0 Å². The van der Waals surface area contributed by atoms with Crippen molar-refractivity contribution in [2.75, 3.05) is 18.0 Å². The van der Waals surface area contributed by atoms with E-state index in [1.165, 1.54) is 32.9 Å². The average molecular weight is 501 g/mol. The maximum Gasteiger partial charge on any atom is 0.417 e. The predicted octanol–water partition coefficient (Wildman–Crippen LogP) is 3.54. The van der Waals surface area contributed by atoms with E-state index in [1.54, 1.807) is 37.3 Å². The fourth-order valence-electron chi connectivity index (χ4n) is 4.09. The molecule has 36 heavy (non-hydrogen) atoms. The Hall–Kier alpha value is -4.35. The molecule has 4 rings (SSSR count). The number of urea groups is 1. The molecule has 0 saturated carbocycles. The van der Waals surface area contributed by atoms with E-state index in [0.717, 1.165) is 12.1 Å². The number of anilines is 1. The number of amides is 3. The second kappa shape index (κ2) is 9.72. The molecule has 9 nitrogen and oxygen atoms in total. The Bertz CT molecular complexity index is 1290. The number of carbonyl (C=O) groups excluding carboxylic acids is 2. The van der Waals surface area contributed by atoms with E-state index in [1.807, 2.05) is 0 Å². The molecule has 0 radical (unpaired) electrons. The highest BCUT2D eigenvalue weighted by Crippen LogP contribution is 2.36. The maximum absolute atomic E-state index is 14.1. The average Bonchev–Trinajstić information content (AvgIpc) is 3.33. The van der Waals surface area contributed by atoms with Crippen LogP contribution < -0.4 is 10.2 Å². The van der Waals surface area contributed by atoms with E-state index in [-0.39, 0.29) is 18.8 Å². The summed E-state index contributed by atoms with van der Waals surface area (Å²) in [4.78, 5) is 39.7. The highest BCUT2D eigenvalue weighted by Gasteiger charge is 2.39. The van der Waals surface area contributed by atoms with Gasteiger partial charge >= 0.3 is 18.2 Å². The molecular weight excluding hydrogens is 479 g/mol. The monoisotopic (exact) mass is 501 g/mol. The van der Waals surface area contributed by atoms with Crippen molar-refractivity contribution in [2.45, 2.75) is 25.7 Å². The summed E-state index contributed by atoms with van der Waals surface area (Å²) in [5.74, 6) is -2.09. The van der Waals surface area contributed by atoms with Gasteiger partial charge in [0.1, 0.15) is 6.54 Å². The number of benzene rings is 2. The Morgan fingerprint density at radius 1 is 1.14 bits per heavy atom. The lowest BCUT2D eigenvalue weighted by Gasteiger charge is -2.29. The van der Waals surface area contributed by atoms with E-state index >= 15 is 0 Å². The quantitative estimate of drug-likeness (QED) is 0.569. The molecule has 0 aliphatic carbocycles. The highest BCUT2D eigenvalue weighted by atomic mass is 19.4. The zero-order valence-electron chi connectivity index (χ0n) is 19.1. The zero-order valence-corrected chi connectivity index (χ0v) is 19.1. The molecule has 2 N–H and O–H groups in total. The first kappa shape index (κ1) is 24.8. The SMILES string of the molecule is C[C@@H]1CN(C(=O)c2ccc(-n3cccn3)cc2C(F)(F)F)c2ccccc2CN1C(=O)NCC(=O)O. The van der Waals surface area contributed by atoms with Gasteiger partial charge in [-0.3, -0.25) is 9.59 Å². The number of fused-ring (bicyclic) bond motifs is 1. The highest BCUT2D eigenvalue weighted by molar-refractivity contribution is 6.08. The van der Waals surface area contributed by atoms with Gasteiger partial charge in [0, 0.05) is 37.2 Å². The number of nitrogens with one attached hydrogen (secondary N) is 1. The number of halogens is 3. The molecule has 1 atom stereocenters. The Morgan fingerprint density at radius 2 is 1.89 bits per heavy atom. The number of alkyl halides is 3. The van der Waals surface area contributed by atoms with Crippen LogP contribution in [0.5, 0.6) is 0 Å². The number of nitrogens with zero attached hydrogens (tertiary/aromatic N) is 4. The van der Waals surface area contributed by atoms with Gasteiger partial charge < -0.3 is 20.2 Å². The van der Waals surface area contributed by atoms with Crippen LogP contribution in [0.15, 0.2) is 60.9 Å². The summed E-state index contributed by atoms with van der Waals surface area (Å²) in [5, 5.41) is 15.1. The van der Waals surface area contributed by atoms with Gasteiger partial charge in [0.15, 0.2) is 0 Å². The third-order valence-corrected chi connectivity index (χ3v) is 5.81. The van der Waals surface area contributed by atoms with Crippen LogP contribution in [0.3, 0.4) is 0 Å². The molecule has 0 unspecified atom stereocenters. The van der Waals surface area contributed by atoms with Crippen molar-refractivity contribution in [3.8, 4) is 5.69 Å². The molecule has 0 bridgehead atoms. The summed E-state index contributed by atoms with van der Waals surface area (Å²) < 4.78 is 43.4. The van der Waals surface area contributed by atoms with Gasteiger partial charge in [-0.1, -0.05) is 18.2 Å². The van der Waals surface area contributed by atoms with Crippen molar-refractivity contribution in [1.29, 1.82) is 0 Å². The molecule has 12 heteroatoms. The molecule has 0 fully saturated rings. The Balaban J connectivity index is 1.73. The van der Waals surface area contributed by atoms with Crippen LogP contribution in [-0.4, -0.2) is 56.8 Å². The molecule has 3 amide bonds. The first-order chi connectivity index (χ1) is 17.1. The molecule has 188 valence electrons. The van der Waals surface area contributed by atoms with Gasteiger partial charge in [-0.15, -0.1) is 0 Å². The summed E-state index contributed by atoms with van der Waals surface area (Å²) in [7, 11) is 0. The van der Waals surface area contributed by atoms with Gasteiger partial charge in [0.2, 0.25) is 0 Å². The summed E-state index contributed by atoms with van der Waals surface area (Å²) in [6.07, 6.45) is -1.89. The largest absolute Gasteiger partial charge is 0.480 e. The fourth-order valence-corrected chi connectivity index (χ4v) is 4.09. The Morgan fingerprint density at radius 3 is 2.56 bits per heavy atom. The van der Waals surface area contributed by atoms with E-state index in [9.17, 15) is 27.6 Å². The second-order valence-corrected chi connectivity index (χ2v) is 8.25. The van der Waals surface area contributed by atoms with Crippen LogP contribution in [0.2, 0.25) is 0 Å². The van der Waals surface area contributed by atoms with Crippen molar-refractivity contribution in [1.82, 2.24) is 20.0 Å². The Labute approximate surface area is 203 Å². The van der Waals surface area contributed by atoms with Crippen molar-refractivity contribution in [3.05, 3.63) is 77.6 Å². The number of carboxylic acid groups (broad SMARTS) is 1. The van der Waals surface area contributed by atoms with Crippen molar-refractivity contribution in [3.63, 3.8) is 0 Å². The number of hydrogen-bond donors (Lipinski definition) is 2. The van der Waals surface area contributed by atoms with E-state index in [2.05, 4.69) is 10.4 Å². The standard InChI is InChI=1S/C24H22F3N5O4/c1-15-13-31(20-6-3-2-5-16(20)14-30(15)23(36)28-12-21(33)34)22(35)18-8-7-17(32-10-4-9-29-32)11-19(18)24(25,26)27/h2-11,15H,12-14H2,1H3,(H,28,36)(H,33,34)/t15-/m1/s1. The lowest BCUT2D eigenvalue weighted by molar-refractivity contribution is -0.138. The number of carboxylic acids is 1. The van der Waals surface area contributed by atoms with Crippen LogP contribution >= 0.6 is 0 Å².